The van der Waals surface area contributed by atoms with E-state index >= 15 is 0 Å². The van der Waals surface area contributed by atoms with Gasteiger partial charge in [0.15, 0.2) is 0 Å². The van der Waals surface area contributed by atoms with E-state index in [9.17, 15) is 15.0 Å². The zero-order valence-electron chi connectivity index (χ0n) is 22.0. The molecule has 0 saturated heterocycles. The second-order valence-corrected chi connectivity index (χ2v) is 13.0. The largest absolute Gasteiger partial charge is 0.392 e. The third-order valence-corrected chi connectivity index (χ3v) is 11.2. The molecule has 2 fully saturated rings. The van der Waals surface area contributed by atoms with Gasteiger partial charge in [-0.3, -0.25) is 4.79 Å². The van der Waals surface area contributed by atoms with Gasteiger partial charge in [0.05, 0.1) is 12.7 Å². The molecule has 2 saturated carbocycles. The van der Waals surface area contributed by atoms with Crippen molar-refractivity contribution in [3.8, 4) is 0 Å². The van der Waals surface area contributed by atoms with Gasteiger partial charge < -0.3 is 10.2 Å². The molecule has 0 aromatic carbocycles. The molecule has 0 radical (unpaired) electrons. The zero-order chi connectivity index (χ0) is 24.4. The number of allylic oxidation sites excluding steroid dienone is 4. The van der Waals surface area contributed by atoms with Crippen LogP contribution in [-0.4, -0.2) is 28.7 Å². The van der Waals surface area contributed by atoms with E-state index in [0.29, 0.717) is 30.0 Å². The van der Waals surface area contributed by atoms with Gasteiger partial charge >= 0.3 is 0 Å². The van der Waals surface area contributed by atoms with Crippen LogP contribution in [0.2, 0.25) is 0 Å². The summed E-state index contributed by atoms with van der Waals surface area (Å²) in [6.45, 7) is 15.9. The number of rotatable bonds is 5. The number of hydrogen-bond donors (Lipinski definition) is 2. The van der Waals surface area contributed by atoms with E-state index in [1.165, 1.54) is 11.1 Å². The van der Waals surface area contributed by atoms with Crippen molar-refractivity contribution in [3.05, 3.63) is 34.9 Å². The highest BCUT2D eigenvalue weighted by Crippen LogP contribution is 2.71. The number of Topliss-reactive ketones (excluding diaryl/α,β-unsaturated/α-hetero) is 1. The summed E-state index contributed by atoms with van der Waals surface area (Å²) < 4.78 is 0. The molecule has 0 aromatic heterocycles. The highest BCUT2D eigenvalue weighted by molar-refractivity contribution is 5.86. The van der Waals surface area contributed by atoms with E-state index in [2.05, 4.69) is 59.8 Å². The van der Waals surface area contributed by atoms with Crippen LogP contribution in [0.25, 0.3) is 0 Å². The summed E-state index contributed by atoms with van der Waals surface area (Å²) in [6.07, 6.45) is 13.2. The van der Waals surface area contributed by atoms with Crippen molar-refractivity contribution in [2.75, 3.05) is 6.61 Å². The second kappa shape index (κ2) is 8.19. The lowest BCUT2D eigenvalue weighted by Gasteiger charge is -2.60. The van der Waals surface area contributed by atoms with Crippen LogP contribution in [0.5, 0.6) is 0 Å². The summed E-state index contributed by atoms with van der Waals surface area (Å²) in [5, 5.41) is 20.9. The van der Waals surface area contributed by atoms with Crippen molar-refractivity contribution >= 4 is 5.78 Å². The lowest BCUT2D eigenvalue weighted by molar-refractivity contribution is -0.138. The monoisotopic (exact) mass is 454 g/mol. The molecule has 184 valence electrons. The van der Waals surface area contributed by atoms with Crippen molar-refractivity contribution in [2.24, 2.45) is 39.4 Å². The summed E-state index contributed by atoms with van der Waals surface area (Å²) in [4.78, 5) is 12.8. The smallest absolute Gasteiger partial charge is 0.138 e. The standard InChI is InChI=1S/C30H46O3/c1-19(18-31)9-8-10-20(2)23-17-26(33)30(7)22-11-12-24-27(3,4)25(32)14-15-28(24,5)21(22)13-16-29(23,30)6/h9,11,13,20,23-24,26,31,33H,8,10,12,14-18H2,1-7H3/b19-9+/t20-,23-,24?,26+,28-,29-,30-/m1/s1. The number of aliphatic hydroxyl groups is 2. The SMILES string of the molecule is C/C(=C\CC[C@@H](C)[C@H]1C[C@H](O)[C@@]2(C)C3=CCC4C(C)(C)C(=O)CC[C@]4(C)C3=CC[C@]12C)CO. The lowest BCUT2D eigenvalue weighted by atomic mass is 9.44. The van der Waals surface area contributed by atoms with Gasteiger partial charge in [-0.15, -0.1) is 0 Å². The molecule has 4 aliphatic rings. The summed E-state index contributed by atoms with van der Waals surface area (Å²) in [7, 11) is 0. The lowest BCUT2D eigenvalue weighted by Crippen LogP contribution is -2.54. The van der Waals surface area contributed by atoms with Crippen LogP contribution in [-0.2, 0) is 4.79 Å². The fraction of sp³-hybridized carbons (Fsp3) is 0.767. The van der Waals surface area contributed by atoms with Gasteiger partial charge in [0.2, 0.25) is 0 Å². The molecule has 1 unspecified atom stereocenters. The minimum Gasteiger partial charge on any atom is -0.392 e. The molecular weight excluding hydrogens is 408 g/mol. The molecule has 2 N–H and O–H groups in total. The van der Waals surface area contributed by atoms with Crippen LogP contribution in [0, 0.1) is 39.4 Å². The third-order valence-electron chi connectivity index (χ3n) is 11.2. The number of carbonyl (C=O) groups excluding carboxylic acids is 1. The molecular formula is C30H46O3. The van der Waals surface area contributed by atoms with Gasteiger partial charge in [0.25, 0.3) is 0 Å². The molecule has 33 heavy (non-hydrogen) atoms. The van der Waals surface area contributed by atoms with Gasteiger partial charge in [-0.2, -0.15) is 0 Å². The van der Waals surface area contributed by atoms with Crippen LogP contribution in [0.4, 0.5) is 0 Å². The summed E-state index contributed by atoms with van der Waals surface area (Å²) in [6, 6.07) is 0. The molecule has 0 aromatic rings. The van der Waals surface area contributed by atoms with Crippen molar-refractivity contribution in [2.45, 2.75) is 99.5 Å². The fourth-order valence-electron chi connectivity index (χ4n) is 8.61. The van der Waals surface area contributed by atoms with Crippen LogP contribution in [0.1, 0.15) is 93.4 Å². The van der Waals surface area contributed by atoms with E-state index < -0.39 is 0 Å². The molecule has 4 rings (SSSR count). The first-order chi connectivity index (χ1) is 15.3. The maximum Gasteiger partial charge on any atom is 0.138 e. The minimum absolute atomic E-state index is 0.0157. The number of hydrogen-bond acceptors (Lipinski definition) is 3. The number of fused-ring (bicyclic) bond motifs is 5. The van der Waals surface area contributed by atoms with Crippen molar-refractivity contribution in [1.82, 2.24) is 0 Å². The van der Waals surface area contributed by atoms with Gasteiger partial charge in [0.1, 0.15) is 5.78 Å². The molecule has 0 bridgehead atoms. The van der Waals surface area contributed by atoms with Gasteiger partial charge in [0, 0.05) is 17.3 Å². The highest BCUT2D eigenvalue weighted by atomic mass is 16.3. The fourth-order valence-corrected chi connectivity index (χ4v) is 8.61. The van der Waals surface area contributed by atoms with E-state index in [4.69, 9.17) is 0 Å². The molecule has 4 aliphatic carbocycles. The first-order valence-electron chi connectivity index (χ1n) is 13.2. The topological polar surface area (TPSA) is 57.5 Å². The predicted molar refractivity (Wildman–Crippen MR) is 135 cm³/mol. The minimum atomic E-state index is -0.335. The number of carbonyl (C=O) groups is 1. The second-order valence-electron chi connectivity index (χ2n) is 13.0. The first-order valence-corrected chi connectivity index (χ1v) is 13.2. The van der Waals surface area contributed by atoms with Crippen LogP contribution < -0.4 is 0 Å². The van der Waals surface area contributed by atoms with Crippen LogP contribution in [0.3, 0.4) is 0 Å². The Balaban J connectivity index is 1.68. The maximum atomic E-state index is 12.8. The van der Waals surface area contributed by atoms with Crippen LogP contribution >= 0.6 is 0 Å². The number of aliphatic hydroxyl groups excluding tert-OH is 2. The Labute approximate surface area is 201 Å². The van der Waals surface area contributed by atoms with Crippen molar-refractivity contribution in [3.63, 3.8) is 0 Å². The summed E-state index contributed by atoms with van der Waals surface area (Å²) >= 11 is 0. The Morgan fingerprint density at radius 1 is 1.18 bits per heavy atom. The molecule has 3 heteroatoms. The van der Waals surface area contributed by atoms with Crippen molar-refractivity contribution in [1.29, 1.82) is 0 Å². The normalized spacial score (nSPS) is 43.2. The van der Waals surface area contributed by atoms with Gasteiger partial charge in [-0.1, -0.05) is 65.3 Å². The Bertz CT molecular complexity index is 908. The third kappa shape index (κ3) is 3.39. The average Bonchev–Trinajstić information content (AvgIpc) is 2.98. The Morgan fingerprint density at radius 3 is 2.55 bits per heavy atom. The van der Waals surface area contributed by atoms with E-state index in [1.54, 1.807) is 0 Å². The molecule has 0 aliphatic heterocycles. The van der Waals surface area contributed by atoms with Gasteiger partial charge in [-0.25, -0.2) is 0 Å². The van der Waals surface area contributed by atoms with E-state index in [0.717, 1.165) is 44.1 Å². The molecule has 0 spiro atoms. The van der Waals surface area contributed by atoms with Crippen molar-refractivity contribution < 1.29 is 15.0 Å². The zero-order valence-corrected chi connectivity index (χ0v) is 22.0. The highest BCUT2D eigenvalue weighted by Gasteiger charge is 2.66. The average molecular weight is 455 g/mol. The predicted octanol–water partition coefficient (Wildman–Crippen LogP) is 6.41. The molecule has 0 heterocycles. The Morgan fingerprint density at radius 2 is 1.88 bits per heavy atom. The molecule has 3 nitrogen and oxygen atoms in total. The van der Waals surface area contributed by atoms with Crippen LogP contribution in [0.15, 0.2) is 34.9 Å². The Hall–Kier alpha value is -1.19. The Kier molecular flexibility index (Phi) is 6.19. The summed E-state index contributed by atoms with van der Waals surface area (Å²) in [5.41, 5.74) is 3.38. The molecule has 7 atom stereocenters. The van der Waals surface area contributed by atoms with Gasteiger partial charge in [-0.05, 0) is 85.2 Å². The first kappa shape index (κ1) is 24.9. The van der Waals surface area contributed by atoms with E-state index in [1.807, 2.05) is 6.92 Å². The maximum absolute atomic E-state index is 12.8. The van der Waals surface area contributed by atoms with E-state index in [-0.39, 0.29) is 34.4 Å². The summed E-state index contributed by atoms with van der Waals surface area (Å²) in [5.74, 6) is 1.73. The quantitative estimate of drug-likeness (QED) is 0.472. The number of ketones is 1. The molecule has 0 amide bonds.